The Kier molecular flexibility index (Phi) is 4.37. The average Bonchev–Trinajstić information content (AvgIpc) is 2.60. The normalized spacial score (nSPS) is 11.5. The van der Waals surface area contributed by atoms with Crippen molar-refractivity contribution in [2.24, 2.45) is 5.73 Å². The average molecular weight is 363 g/mol. The van der Waals surface area contributed by atoms with Gasteiger partial charge in [0.2, 0.25) is 0 Å². The molecule has 0 aliphatic rings. The molecule has 134 valence electrons. The molecule has 2 aromatic heterocycles. The van der Waals surface area contributed by atoms with Crippen LogP contribution in [0.3, 0.4) is 0 Å². The molecule has 9 heteroatoms. The number of carbonyl (C=O) groups is 1. The number of benzene rings is 1. The van der Waals surface area contributed by atoms with Crippen LogP contribution >= 0.6 is 0 Å². The number of hydrogen-bond donors (Lipinski definition) is 1. The number of nitrogens with zero attached hydrogens (tertiary/aromatic N) is 2. The fourth-order valence-corrected chi connectivity index (χ4v) is 2.34. The van der Waals surface area contributed by atoms with Crippen LogP contribution in [0.25, 0.3) is 11.0 Å². The number of pyridine rings is 2. The smallest absolute Gasteiger partial charge is 0.404 e. The first-order valence-corrected chi connectivity index (χ1v) is 7.37. The van der Waals surface area contributed by atoms with Crippen LogP contribution in [0.1, 0.15) is 21.5 Å². The third-order valence-corrected chi connectivity index (χ3v) is 3.63. The lowest BCUT2D eigenvalue weighted by Crippen LogP contribution is -2.33. The maximum Gasteiger partial charge on any atom is 0.416 e. The van der Waals surface area contributed by atoms with E-state index in [9.17, 15) is 22.8 Å². The van der Waals surface area contributed by atoms with Gasteiger partial charge in [-0.15, -0.1) is 4.73 Å². The first kappa shape index (κ1) is 17.5. The highest BCUT2D eigenvalue weighted by molar-refractivity contribution is 5.95. The Balaban J connectivity index is 1.95. The number of aromatic nitrogens is 2. The Morgan fingerprint density at radius 2 is 1.88 bits per heavy atom. The van der Waals surface area contributed by atoms with E-state index in [1.807, 2.05) is 0 Å². The summed E-state index contributed by atoms with van der Waals surface area (Å²) in [5.74, 6) is -0.923. The predicted molar refractivity (Wildman–Crippen MR) is 86.2 cm³/mol. The van der Waals surface area contributed by atoms with Crippen molar-refractivity contribution in [3.63, 3.8) is 0 Å². The number of alkyl halides is 3. The molecule has 0 saturated carbocycles. The zero-order valence-electron chi connectivity index (χ0n) is 13.2. The second kappa shape index (κ2) is 6.51. The van der Waals surface area contributed by atoms with Crippen LogP contribution in [0.4, 0.5) is 13.2 Å². The molecule has 0 atom stereocenters. The number of rotatable bonds is 4. The van der Waals surface area contributed by atoms with Gasteiger partial charge in [0.1, 0.15) is 12.2 Å². The van der Waals surface area contributed by atoms with E-state index in [0.717, 1.165) is 16.9 Å². The number of fused-ring (bicyclic) bond motifs is 1. The number of carbonyl (C=O) groups excluding carboxylic acids is 1. The van der Waals surface area contributed by atoms with E-state index < -0.39 is 23.2 Å². The summed E-state index contributed by atoms with van der Waals surface area (Å²) in [4.78, 5) is 33.3. The molecule has 1 aromatic carbocycles. The van der Waals surface area contributed by atoms with Gasteiger partial charge in [-0.3, -0.25) is 9.59 Å². The van der Waals surface area contributed by atoms with Crippen molar-refractivity contribution in [2.75, 3.05) is 0 Å². The van der Waals surface area contributed by atoms with Crippen molar-refractivity contribution in [3.05, 3.63) is 75.7 Å². The molecule has 2 N–H and O–H groups in total. The molecule has 6 nitrogen and oxygen atoms in total. The molecule has 0 aliphatic heterocycles. The lowest BCUT2D eigenvalue weighted by atomic mass is 10.1. The van der Waals surface area contributed by atoms with Gasteiger partial charge in [0.25, 0.3) is 11.5 Å². The third-order valence-electron chi connectivity index (χ3n) is 3.63. The molecule has 26 heavy (non-hydrogen) atoms. The standard InChI is InChI=1S/C17H12F3N3O3/c18-17(19,20)12-5-3-10(4-6-12)9-26-23-15-11(2-1-7-22-15)8-13(14(21)24)16(23)25/h1-8H,9H2,(H2,21,24). The summed E-state index contributed by atoms with van der Waals surface area (Å²) in [5.41, 5.74) is 3.90. The predicted octanol–water partition coefficient (Wildman–Crippen LogP) is 2.14. The lowest BCUT2D eigenvalue weighted by molar-refractivity contribution is -0.137. The number of hydrogen-bond acceptors (Lipinski definition) is 4. The van der Waals surface area contributed by atoms with Crippen molar-refractivity contribution >= 4 is 16.9 Å². The van der Waals surface area contributed by atoms with Crippen LogP contribution in [0.15, 0.2) is 53.5 Å². The molecule has 3 aromatic rings. The molecule has 0 unspecified atom stereocenters. The summed E-state index contributed by atoms with van der Waals surface area (Å²) < 4.78 is 38.6. The largest absolute Gasteiger partial charge is 0.416 e. The van der Waals surface area contributed by atoms with E-state index >= 15 is 0 Å². The molecule has 0 bridgehead atoms. The van der Waals surface area contributed by atoms with E-state index in [4.69, 9.17) is 10.6 Å². The van der Waals surface area contributed by atoms with Crippen LogP contribution in [-0.2, 0) is 12.8 Å². The van der Waals surface area contributed by atoms with E-state index in [0.29, 0.717) is 10.9 Å². The summed E-state index contributed by atoms with van der Waals surface area (Å²) in [6.07, 6.45) is -3.00. The lowest BCUT2D eigenvalue weighted by Gasteiger charge is -2.12. The number of halogens is 3. The second-order valence-corrected chi connectivity index (χ2v) is 5.41. The minimum absolute atomic E-state index is 0.161. The van der Waals surface area contributed by atoms with Crippen LogP contribution < -0.4 is 16.1 Å². The first-order chi connectivity index (χ1) is 12.3. The maximum atomic E-state index is 12.6. The Labute approximate surface area is 144 Å². The van der Waals surface area contributed by atoms with E-state index in [-0.39, 0.29) is 17.8 Å². The van der Waals surface area contributed by atoms with E-state index in [1.54, 1.807) is 12.1 Å². The van der Waals surface area contributed by atoms with Crippen molar-refractivity contribution in [2.45, 2.75) is 12.8 Å². The molecule has 0 fully saturated rings. The molecule has 3 rings (SSSR count). The van der Waals surface area contributed by atoms with Gasteiger partial charge in [-0.2, -0.15) is 13.2 Å². The summed E-state index contributed by atoms with van der Waals surface area (Å²) in [7, 11) is 0. The van der Waals surface area contributed by atoms with Gasteiger partial charge in [0, 0.05) is 11.6 Å². The number of primary amides is 1. The Morgan fingerprint density at radius 3 is 2.50 bits per heavy atom. The summed E-state index contributed by atoms with van der Waals surface area (Å²) in [6, 6.07) is 8.84. The molecule has 2 heterocycles. The fraction of sp³-hybridized carbons (Fsp3) is 0.118. The van der Waals surface area contributed by atoms with Gasteiger partial charge < -0.3 is 10.6 Å². The topological polar surface area (TPSA) is 87.2 Å². The first-order valence-electron chi connectivity index (χ1n) is 7.37. The summed E-state index contributed by atoms with van der Waals surface area (Å²) in [6.45, 7) is -0.202. The van der Waals surface area contributed by atoms with E-state index in [1.165, 1.54) is 24.4 Å². The van der Waals surface area contributed by atoms with Crippen LogP contribution in [0, 0.1) is 0 Å². The monoisotopic (exact) mass is 363 g/mol. The Bertz CT molecular complexity index is 1030. The summed E-state index contributed by atoms with van der Waals surface area (Å²) in [5, 5.41) is 0.452. The molecule has 0 saturated heterocycles. The molecule has 0 spiro atoms. The van der Waals surface area contributed by atoms with Gasteiger partial charge in [-0.25, -0.2) is 4.98 Å². The molecule has 0 aliphatic carbocycles. The fourth-order valence-electron chi connectivity index (χ4n) is 2.34. The van der Waals surface area contributed by atoms with Crippen LogP contribution in [-0.4, -0.2) is 15.6 Å². The van der Waals surface area contributed by atoms with Gasteiger partial charge in [-0.05, 0) is 35.9 Å². The maximum absolute atomic E-state index is 12.6. The molecular weight excluding hydrogens is 351 g/mol. The van der Waals surface area contributed by atoms with Crippen molar-refractivity contribution in [1.82, 2.24) is 9.71 Å². The SMILES string of the molecule is NC(=O)c1cc2cccnc2n(OCc2ccc(C(F)(F)F)cc2)c1=O. The third kappa shape index (κ3) is 3.37. The van der Waals surface area contributed by atoms with Crippen LogP contribution in [0.2, 0.25) is 0 Å². The molecule has 0 radical (unpaired) electrons. The minimum atomic E-state index is -4.44. The van der Waals surface area contributed by atoms with Crippen LogP contribution in [0.5, 0.6) is 0 Å². The summed E-state index contributed by atoms with van der Waals surface area (Å²) >= 11 is 0. The molecular formula is C17H12F3N3O3. The second-order valence-electron chi connectivity index (χ2n) is 5.41. The highest BCUT2D eigenvalue weighted by Crippen LogP contribution is 2.29. The van der Waals surface area contributed by atoms with Gasteiger partial charge >= 0.3 is 6.18 Å². The highest BCUT2D eigenvalue weighted by atomic mass is 19.4. The zero-order valence-corrected chi connectivity index (χ0v) is 13.2. The molecule has 1 amide bonds. The quantitative estimate of drug-likeness (QED) is 0.769. The Hall–Kier alpha value is -3.36. The van der Waals surface area contributed by atoms with Gasteiger partial charge in [0.15, 0.2) is 5.65 Å². The highest BCUT2D eigenvalue weighted by Gasteiger charge is 2.29. The van der Waals surface area contributed by atoms with Crippen molar-refractivity contribution in [3.8, 4) is 0 Å². The number of nitrogens with two attached hydrogens (primary N) is 1. The number of amides is 1. The zero-order chi connectivity index (χ0) is 18.9. The van der Waals surface area contributed by atoms with Crippen molar-refractivity contribution in [1.29, 1.82) is 0 Å². The van der Waals surface area contributed by atoms with E-state index in [2.05, 4.69) is 4.98 Å². The van der Waals surface area contributed by atoms with Crippen molar-refractivity contribution < 1.29 is 22.8 Å². The minimum Gasteiger partial charge on any atom is -0.404 e. The Morgan fingerprint density at radius 1 is 1.19 bits per heavy atom. The van der Waals surface area contributed by atoms with Gasteiger partial charge in [0.05, 0.1) is 5.56 Å². The van der Waals surface area contributed by atoms with Gasteiger partial charge in [-0.1, -0.05) is 12.1 Å².